The van der Waals surface area contributed by atoms with Gasteiger partial charge in [0.05, 0.1) is 25.8 Å². The molecule has 1 aliphatic heterocycles. The van der Waals surface area contributed by atoms with Gasteiger partial charge in [0.1, 0.15) is 0 Å². The molecule has 0 aliphatic carbocycles. The topological polar surface area (TPSA) is 50.8 Å². The molecule has 1 amide bonds. The second-order valence-electron chi connectivity index (χ2n) is 5.16. The Morgan fingerprint density at radius 1 is 1.62 bits per heavy atom. The van der Waals surface area contributed by atoms with Crippen LogP contribution in [-0.2, 0) is 20.8 Å². The molecule has 0 aromatic carbocycles. The van der Waals surface area contributed by atoms with E-state index in [2.05, 4.69) is 11.4 Å². The quantitative estimate of drug-likeness (QED) is 0.702. The van der Waals surface area contributed by atoms with Crippen LogP contribution < -0.4 is 5.32 Å². The lowest BCUT2D eigenvalue weighted by atomic mass is 10.2. The van der Waals surface area contributed by atoms with Crippen LogP contribution in [0.1, 0.15) is 17.7 Å². The van der Waals surface area contributed by atoms with Gasteiger partial charge in [-0.25, -0.2) is 0 Å². The molecule has 0 spiro atoms. The summed E-state index contributed by atoms with van der Waals surface area (Å²) in [5, 5.41) is 5.16. The van der Waals surface area contributed by atoms with Crippen molar-refractivity contribution in [3.05, 3.63) is 22.4 Å². The zero-order chi connectivity index (χ0) is 14.9. The number of ether oxygens (including phenoxy) is 2. The van der Waals surface area contributed by atoms with Crippen molar-refractivity contribution in [2.75, 3.05) is 40.0 Å². The van der Waals surface area contributed by atoms with E-state index >= 15 is 0 Å². The average molecular weight is 312 g/mol. The normalized spacial score (nSPS) is 18.0. The van der Waals surface area contributed by atoms with Crippen LogP contribution >= 0.6 is 11.3 Å². The summed E-state index contributed by atoms with van der Waals surface area (Å²) < 4.78 is 10.6. The van der Waals surface area contributed by atoms with Crippen molar-refractivity contribution in [2.24, 2.45) is 0 Å². The maximum Gasteiger partial charge on any atom is 0.236 e. The van der Waals surface area contributed by atoms with Crippen molar-refractivity contribution in [2.45, 2.75) is 25.5 Å². The van der Waals surface area contributed by atoms with Gasteiger partial charge in [-0.3, -0.25) is 4.79 Å². The van der Waals surface area contributed by atoms with Crippen LogP contribution in [0, 0.1) is 0 Å². The highest BCUT2D eigenvalue weighted by Crippen LogP contribution is 2.17. The van der Waals surface area contributed by atoms with Crippen LogP contribution in [0.15, 0.2) is 17.5 Å². The van der Waals surface area contributed by atoms with Gasteiger partial charge in [0, 0.05) is 31.7 Å². The van der Waals surface area contributed by atoms with Crippen molar-refractivity contribution in [3.8, 4) is 0 Å². The Hall–Kier alpha value is -0.950. The Morgan fingerprint density at radius 3 is 3.19 bits per heavy atom. The molecule has 0 radical (unpaired) electrons. The molecule has 1 atom stereocenters. The summed E-state index contributed by atoms with van der Waals surface area (Å²) in [5.74, 6) is 0.120. The Morgan fingerprint density at radius 2 is 2.52 bits per heavy atom. The van der Waals surface area contributed by atoms with Crippen LogP contribution in [0.4, 0.5) is 0 Å². The number of amides is 1. The molecule has 1 N–H and O–H groups in total. The minimum atomic E-state index is 0.120. The molecule has 0 saturated carbocycles. The summed E-state index contributed by atoms with van der Waals surface area (Å²) in [6, 6.07) is 4.09. The number of nitrogens with zero attached hydrogens (tertiary/aromatic N) is 1. The summed E-state index contributed by atoms with van der Waals surface area (Å²) in [4.78, 5) is 15.5. The molecule has 2 heterocycles. The summed E-state index contributed by atoms with van der Waals surface area (Å²) in [6.07, 6.45) is 2.33. The minimum Gasteiger partial charge on any atom is -0.383 e. The number of thiophene rings is 1. The van der Waals surface area contributed by atoms with Crippen LogP contribution in [-0.4, -0.2) is 56.9 Å². The van der Waals surface area contributed by atoms with Gasteiger partial charge in [-0.2, -0.15) is 0 Å². The first-order valence-corrected chi connectivity index (χ1v) is 8.29. The van der Waals surface area contributed by atoms with Crippen molar-refractivity contribution < 1.29 is 14.3 Å². The molecular weight excluding hydrogens is 288 g/mol. The Labute approximate surface area is 130 Å². The second-order valence-corrected chi connectivity index (χ2v) is 6.19. The first-order valence-electron chi connectivity index (χ1n) is 7.41. The van der Waals surface area contributed by atoms with Crippen molar-refractivity contribution in [1.29, 1.82) is 0 Å². The van der Waals surface area contributed by atoms with Gasteiger partial charge >= 0.3 is 0 Å². The molecule has 0 bridgehead atoms. The van der Waals surface area contributed by atoms with Gasteiger partial charge in [0.15, 0.2) is 0 Å². The summed E-state index contributed by atoms with van der Waals surface area (Å²) in [5.41, 5.74) is 0. The van der Waals surface area contributed by atoms with Crippen LogP contribution in [0.25, 0.3) is 0 Å². The first-order chi connectivity index (χ1) is 10.3. The van der Waals surface area contributed by atoms with Crippen LogP contribution in [0.3, 0.4) is 0 Å². The first kappa shape index (κ1) is 16.4. The third-order valence-electron chi connectivity index (χ3n) is 3.49. The summed E-state index contributed by atoms with van der Waals surface area (Å²) in [6.45, 7) is 3.82. The molecular formula is C15H24N2O3S. The predicted molar refractivity (Wildman–Crippen MR) is 83.5 cm³/mol. The fraction of sp³-hybridized carbons (Fsp3) is 0.667. The van der Waals surface area contributed by atoms with Gasteiger partial charge in [-0.15, -0.1) is 11.3 Å². The van der Waals surface area contributed by atoms with Crippen LogP contribution in [0.2, 0.25) is 0 Å². The number of methoxy groups -OCH3 is 1. The lowest BCUT2D eigenvalue weighted by Crippen LogP contribution is -2.42. The monoisotopic (exact) mass is 312 g/mol. The Balaban J connectivity index is 1.85. The van der Waals surface area contributed by atoms with E-state index in [0.717, 1.165) is 19.4 Å². The molecule has 1 fully saturated rings. The molecule has 1 aromatic rings. The van der Waals surface area contributed by atoms with E-state index in [-0.39, 0.29) is 12.0 Å². The highest BCUT2D eigenvalue weighted by atomic mass is 32.1. The molecule has 1 unspecified atom stereocenters. The molecule has 1 aliphatic rings. The van der Waals surface area contributed by atoms with E-state index in [1.807, 2.05) is 16.3 Å². The lowest BCUT2D eigenvalue weighted by molar-refractivity contribution is -0.132. The standard InChI is InChI=1S/C15H24N2O3S/c1-19-8-6-16-10-15(18)17(11-13-4-2-7-20-13)12-14-5-3-9-21-14/h3,5,9,13,16H,2,4,6-8,10-12H2,1H3. The van der Waals surface area contributed by atoms with Gasteiger partial charge in [-0.1, -0.05) is 6.07 Å². The molecule has 5 nitrogen and oxygen atoms in total. The van der Waals surface area contributed by atoms with Crippen molar-refractivity contribution in [1.82, 2.24) is 10.2 Å². The zero-order valence-electron chi connectivity index (χ0n) is 12.5. The fourth-order valence-corrected chi connectivity index (χ4v) is 3.08. The van der Waals surface area contributed by atoms with E-state index in [4.69, 9.17) is 9.47 Å². The van der Waals surface area contributed by atoms with Gasteiger partial charge < -0.3 is 19.7 Å². The van der Waals surface area contributed by atoms with Gasteiger partial charge in [0.25, 0.3) is 0 Å². The smallest absolute Gasteiger partial charge is 0.236 e. The van der Waals surface area contributed by atoms with E-state index in [1.165, 1.54) is 4.88 Å². The highest BCUT2D eigenvalue weighted by Gasteiger charge is 2.22. The molecule has 1 saturated heterocycles. The molecule has 21 heavy (non-hydrogen) atoms. The number of nitrogens with one attached hydrogen (secondary N) is 1. The number of rotatable bonds is 9. The van der Waals surface area contributed by atoms with E-state index in [0.29, 0.717) is 32.8 Å². The van der Waals surface area contributed by atoms with Crippen LogP contribution in [0.5, 0.6) is 0 Å². The van der Waals surface area contributed by atoms with Crippen molar-refractivity contribution in [3.63, 3.8) is 0 Å². The number of carbonyl (C=O) groups is 1. The zero-order valence-corrected chi connectivity index (χ0v) is 13.4. The SMILES string of the molecule is COCCNCC(=O)N(Cc1cccs1)CC1CCCO1. The minimum absolute atomic E-state index is 0.120. The highest BCUT2D eigenvalue weighted by molar-refractivity contribution is 7.09. The molecule has 118 valence electrons. The third kappa shape index (κ3) is 5.74. The molecule has 1 aromatic heterocycles. The fourth-order valence-electron chi connectivity index (χ4n) is 2.36. The lowest BCUT2D eigenvalue weighted by Gasteiger charge is -2.25. The Kier molecular flexibility index (Phi) is 7.15. The second kappa shape index (κ2) is 9.15. The number of hydrogen-bond donors (Lipinski definition) is 1. The molecule has 6 heteroatoms. The number of hydrogen-bond acceptors (Lipinski definition) is 5. The average Bonchev–Trinajstić information content (AvgIpc) is 3.16. The molecule has 2 rings (SSSR count). The summed E-state index contributed by atoms with van der Waals surface area (Å²) in [7, 11) is 1.66. The van der Waals surface area contributed by atoms with E-state index in [9.17, 15) is 4.79 Å². The van der Waals surface area contributed by atoms with Crippen molar-refractivity contribution >= 4 is 17.2 Å². The van der Waals surface area contributed by atoms with E-state index < -0.39 is 0 Å². The number of carbonyl (C=O) groups excluding carboxylic acids is 1. The largest absolute Gasteiger partial charge is 0.383 e. The van der Waals surface area contributed by atoms with Gasteiger partial charge in [0.2, 0.25) is 5.91 Å². The summed E-state index contributed by atoms with van der Waals surface area (Å²) >= 11 is 1.68. The van der Waals surface area contributed by atoms with Gasteiger partial charge in [-0.05, 0) is 24.3 Å². The Bertz CT molecular complexity index is 405. The third-order valence-corrected chi connectivity index (χ3v) is 4.35. The van der Waals surface area contributed by atoms with E-state index in [1.54, 1.807) is 18.4 Å². The maximum atomic E-state index is 12.4. The predicted octanol–water partition coefficient (Wildman–Crippen LogP) is 1.49. The maximum absolute atomic E-state index is 12.4.